The van der Waals surface area contributed by atoms with Crippen molar-refractivity contribution in [1.82, 2.24) is 14.5 Å². The largest absolute Gasteiger partial charge is 0.329 e. The summed E-state index contributed by atoms with van der Waals surface area (Å²) in [5, 5.41) is 4.08. The van der Waals surface area contributed by atoms with E-state index in [2.05, 4.69) is 9.82 Å². The van der Waals surface area contributed by atoms with Crippen LogP contribution in [0.15, 0.2) is 4.90 Å². The van der Waals surface area contributed by atoms with Crippen LogP contribution in [0.2, 0.25) is 0 Å². The Morgan fingerprint density at radius 1 is 1.47 bits per heavy atom. The maximum atomic E-state index is 12.0. The molecule has 0 spiro atoms. The number of nitrogens with two attached hydrogens (primary N) is 1. The first kappa shape index (κ1) is 16.4. The molecular formula is C9H19ClN4O2S. The van der Waals surface area contributed by atoms with Crippen LogP contribution >= 0.6 is 12.4 Å². The number of aryl methyl sites for hydroxylation is 2. The van der Waals surface area contributed by atoms with Gasteiger partial charge in [-0.05, 0) is 20.8 Å². The highest BCUT2D eigenvalue weighted by atomic mass is 35.5. The van der Waals surface area contributed by atoms with Crippen LogP contribution in [-0.4, -0.2) is 30.8 Å². The van der Waals surface area contributed by atoms with Gasteiger partial charge in [0.1, 0.15) is 4.90 Å². The molecule has 0 bridgehead atoms. The average Bonchev–Trinajstić information content (AvgIpc) is 2.40. The van der Waals surface area contributed by atoms with E-state index < -0.39 is 10.0 Å². The van der Waals surface area contributed by atoms with Crippen LogP contribution in [0.3, 0.4) is 0 Å². The molecular weight excluding hydrogens is 264 g/mol. The molecule has 0 aliphatic rings. The highest BCUT2D eigenvalue weighted by Crippen LogP contribution is 2.18. The SMILES string of the molecule is Cc1nn(C)c(C)c1S(=O)(=O)N[C@@H](C)CN.Cl. The minimum atomic E-state index is -3.53. The van der Waals surface area contributed by atoms with Crippen molar-refractivity contribution in [2.45, 2.75) is 31.7 Å². The Bertz CT molecular complexity index is 483. The maximum absolute atomic E-state index is 12.0. The normalized spacial score (nSPS) is 13.2. The third-order valence-corrected chi connectivity index (χ3v) is 4.26. The second kappa shape index (κ2) is 5.81. The molecule has 100 valence electrons. The Morgan fingerprint density at radius 3 is 2.35 bits per heavy atom. The zero-order valence-corrected chi connectivity index (χ0v) is 12.0. The van der Waals surface area contributed by atoms with E-state index in [-0.39, 0.29) is 29.9 Å². The van der Waals surface area contributed by atoms with Gasteiger partial charge in [0.2, 0.25) is 10.0 Å². The molecule has 0 unspecified atom stereocenters. The summed E-state index contributed by atoms with van der Waals surface area (Å²) in [5.74, 6) is 0. The summed E-state index contributed by atoms with van der Waals surface area (Å²) in [6, 6.07) is -0.288. The number of hydrogen-bond donors (Lipinski definition) is 2. The van der Waals surface area contributed by atoms with Crippen LogP contribution in [0.5, 0.6) is 0 Å². The van der Waals surface area contributed by atoms with Crippen molar-refractivity contribution < 1.29 is 8.42 Å². The van der Waals surface area contributed by atoms with E-state index in [9.17, 15) is 8.42 Å². The number of rotatable bonds is 4. The molecule has 1 rings (SSSR count). The van der Waals surface area contributed by atoms with E-state index >= 15 is 0 Å². The van der Waals surface area contributed by atoms with Crippen molar-refractivity contribution in [2.24, 2.45) is 12.8 Å². The van der Waals surface area contributed by atoms with Gasteiger partial charge in [0.05, 0.1) is 11.4 Å². The average molecular weight is 283 g/mol. The Morgan fingerprint density at radius 2 is 2.00 bits per heavy atom. The van der Waals surface area contributed by atoms with Gasteiger partial charge in [0.15, 0.2) is 0 Å². The highest BCUT2D eigenvalue weighted by Gasteiger charge is 2.24. The lowest BCUT2D eigenvalue weighted by Crippen LogP contribution is -2.38. The molecule has 1 atom stereocenters. The summed E-state index contributed by atoms with van der Waals surface area (Å²) in [6.45, 7) is 5.38. The molecule has 1 heterocycles. The van der Waals surface area contributed by atoms with Gasteiger partial charge in [0.25, 0.3) is 0 Å². The van der Waals surface area contributed by atoms with Gasteiger partial charge in [0, 0.05) is 19.6 Å². The minimum Gasteiger partial charge on any atom is -0.329 e. The molecule has 0 fully saturated rings. The van der Waals surface area contributed by atoms with E-state index in [1.807, 2.05) is 0 Å². The Balaban J connectivity index is 0.00000256. The molecule has 0 aliphatic heterocycles. The van der Waals surface area contributed by atoms with Crippen molar-refractivity contribution >= 4 is 22.4 Å². The van der Waals surface area contributed by atoms with Crippen LogP contribution in [0.4, 0.5) is 0 Å². The number of halogens is 1. The third kappa shape index (κ3) is 3.41. The second-order valence-corrected chi connectivity index (χ2v) is 5.53. The zero-order valence-electron chi connectivity index (χ0n) is 10.4. The lowest BCUT2D eigenvalue weighted by molar-refractivity contribution is 0.561. The van der Waals surface area contributed by atoms with Crippen molar-refractivity contribution in [3.63, 3.8) is 0 Å². The fourth-order valence-corrected chi connectivity index (χ4v) is 3.21. The van der Waals surface area contributed by atoms with Gasteiger partial charge in [-0.1, -0.05) is 0 Å². The van der Waals surface area contributed by atoms with Crippen molar-refractivity contribution in [3.8, 4) is 0 Å². The van der Waals surface area contributed by atoms with E-state index in [0.717, 1.165) is 0 Å². The number of nitrogens with zero attached hydrogens (tertiary/aromatic N) is 2. The summed E-state index contributed by atoms with van der Waals surface area (Å²) in [6.07, 6.45) is 0. The first-order chi connectivity index (χ1) is 7.29. The predicted octanol–water partition coefficient (Wildman–Crippen LogP) is 0.0842. The standard InChI is InChI=1S/C9H18N4O2S.ClH/c1-6(5-10)12-16(14,15)9-7(2)11-13(4)8(9)3;/h6,12H,5,10H2,1-4H3;1H/t6-;/m0./s1. The number of nitrogens with one attached hydrogen (secondary N) is 1. The summed E-state index contributed by atoms with van der Waals surface area (Å²) in [5.41, 5.74) is 6.51. The number of hydrogen-bond acceptors (Lipinski definition) is 4. The van der Waals surface area contributed by atoms with Crippen LogP contribution in [-0.2, 0) is 17.1 Å². The van der Waals surface area contributed by atoms with E-state index in [0.29, 0.717) is 11.4 Å². The quantitative estimate of drug-likeness (QED) is 0.819. The fraction of sp³-hybridized carbons (Fsp3) is 0.667. The molecule has 6 nitrogen and oxygen atoms in total. The minimum absolute atomic E-state index is 0. The summed E-state index contributed by atoms with van der Waals surface area (Å²) < 4.78 is 28.1. The third-order valence-electron chi connectivity index (χ3n) is 2.42. The van der Waals surface area contributed by atoms with Crippen LogP contribution in [0.25, 0.3) is 0 Å². The molecule has 17 heavy (non-hydrogen) atoms. The van der Waals surface area contributed by atoms with Crippen molar-refractivity contribution in [1.29, 1.82) is 0 Å². The Kier molecular flexibility index (Phi) is 5.60. The molecule has 0 amide bonds. The monoisotopic (exact) mass is 282 g/mol. The van der Waals surface area contributed by atoms with Gasteiger partial charge in [-0.25, -0.2) is 13.1 Å². The smallest absolute Gasteiger partial charge is 0.244 e. The van der Waals surface area contributed by atoms with E-state index in [4.69, 9.17) is 5.73 Å². The lowest BCUT2D eigenvalue weighted by Gasteiger charge is -2.12. The van der Waals surface area contributed by atoms with Crippen molar-refractivity contribution in [2.75, 3.05) is 6.54 Å². The first-order valence-electron chi connectivity index (χ1n) is 5.02. The molecule has 0 saturated heterocycles. The molecule has 0 radical (unpaired) electrons. The molecule has 0 aliphatic carbocycles. The van der Waals surface area contributed by atoms with Gasteiger partial charge < -0.3 is 5.73 Å². The highest BCUT2D eigenvalue weighted by molar-refractivity contribution is 7.89. The van der Waals surface area contributed by atoms with Crippen molar-refractivity contribution in [3.05, 3.63) is 11.4 Å². The Labute approximate surface area is 108 Å². The topological polar surface area (TPSA) is 90.0 Å². The predicted molar refractivity (Wildman–Crippen MR) is 68.8 cm³/mol. The number of aromatic nitrogens is 2. The molecule has 8 heteroatoms. The van der Waals surface area contributed by atoms with Gasteiger partial charge >= 0.3 is 0 Å². The fourth-order valence-electron chi connectivity index (χ4n) is 1.51. The molecule has 3 N–H and O–H groups in total. The van der Waals surface area contributed by atoms with Crippen LogP contribution in [0, 0.1) is 13.8 Å². The molecule has 1 aromatic rings. The second-order valence-electron chi connectivity index (χ2n) is 3.88. The summed E-state index contributed by atoms with van der Waals surface area (Å²) >= 11 is 0. The summed E-state index contributed by atoms with van der Waals surface area (Å²) in [7, 11) is -1.81. The van der Waals surface area contributed by atoms with Gasteiger partial charge in [-0.3, -0.25) is 4.68 Å². The molecule has 1 aromatic heterocycles. The van der Waals surface area contributed by atoms with E-state index in [1.165, 1.54) is 0 Å². The first-order valence-corrected chi connectivity index (χ1v) is 6.50. The number of sulfonamides is 1. The Hall–Kier alpha value is -0.630. The molecule has 0 saturated carbocycles. The maximum Gasteiger partial charge on any atom is 0.244 e. The lowest BCUT2D eigenvalue weighted by atomic mass is 10.4. The van der Waals surface area contributed by atoms with Gasteiger partial charge in [-0.15, -0.1) is 12.4 Å². The van der Waals surface area contributed by atoms with Crippen LogP contribution in [0.1, 0.15) is 18.3 Å². The van der Waals surface area contributed by atoms with Crippen LogP contribution < -0.4 is 10.5 Å². The van der Waals surface area contributed by atoms with E-state index in [1.54, 1.807) is 32.5 Å². The molecule has 0 aromatic carbocycles. The zero-order chi connectivity index (χ0) is 12.5. The van der Waals surface area contributed by atoms with Gasteiger partial charge in [-0.2, -0.15) is 5.10 Å². The summed E-state index contributed by atoms with van der Waals surface area (Å²) in [4.78, 5) is 0.246.